The van der Waals surface area contributed by atoms with Gasteiger partial charge in [0.25, 0.3) is 0 Å². The number of hydrogen-bond acceptors (Lipinski definition) is 3. The van der Waals surface area contributed by atoms with E-state index in [2.05, 4.69) is 23.2 Å². The topological polar surface area (TPSA) is 46.7 Å². The second kappa shape index (κ2) is 6.90. The van der Waals surface area contributed by atoms with Gasteiger partial charge in [-0.15, -0.1) is 11.3 Å². The Labute approximate surface area is 173 Å². The summed E-state index contributed by atoms with van der Waals surface area (Å²) in [5.41, 5.74) is 2.29. The highest BCUT2D eigenvalue weighted by molar-refractivity contribution is 7.15. The van der Waals surface area contributed by atoms with Crippen LogP contribution in [0.2, 0.25) is 0 Å². The van der Waals surface area contributed by atoms with E-state index in [1.165, 1.54) is 6.07 Å². The molecule has 2 heterocycles. The highest BCUT2D eigenvalue weighted by Gasteiger charge is 2.38. The van der Waals surface area contributed by atoms with Crippen molar-refractivity contribution in [2.24, 2.45) is 0 Å². The lowest BCUT2D eigenvalue weighted by atomic mass is 9.89. The van der Waals surface area contributed by atoms with Gasteiger partial charge in [-0.3, -0.25) is 15.4 Å². The van der Waals surface area contributed by atoms with Crippen LogP contribution >= 0.6 is 11.3 Å². The third kappa shape index (κ3) is 3.02. The number of thiophene rings is 1. The zero-order valence-corrected chi connectivity index (χ0v) is 17.1. The monoisotopic (exact) mass is 405 g/mol. The molecule has 0 saturated carbocycles. The minimum atomic E-state index is -0.613. The number of nitrogens with zero attached hydrogens (tertiary/aromatic N) is 3. The number of nitrogens with one attached hydrogen (secondary N) is 2. The minimum absolute atomic E-state index is 0.0200. The summed E-state index contributed by atoms with van der Waals surface area (Å²) in [5.74, 6) is -0.218. The van der Waals surface area contributed by atoms with Gasteiger partial charge in [0.1, 0.15) is 5.82 Å². The Morgan fingerprint density at radius 1 is 1.10 bits per heavy atom. The Morgan fingerprint density at radius 3 is 2.62 bits per heavy atom. The van der Waals surface area contributed by atoms with E-state index in [-0.39, 0.29) is 5.69 Å². The van der Waals surface area contributed by atoms with Crippen molar-refractivity contribution in [1.82, 2.24) is 10.3 Å². The summed E-state index contributed by atoms with van der Waals surface area (Å²) in [6.07, 6.45) is 0. The van der Waals surface area contributed by atoms with Gasteiger partial charge in [0.2, 0.25) is 11.6 Å². The Bertz CT molecular complexity index is 1150. The molecule has 0 fully saturated rings. The SMILES string of the molecule is [C-]#[N+]c1cc(-c2ccc(C3(C)NC(=N)N(C)N(C)c4ccccc43)s2)ccc1F. The molecule has 0 aliphatic carbocycles. The lowest BCUT2D eigenvalue weighted by Gasteiger charge is -2.30. The number of rotatable bonds is 2. The van der Waals surface area contributed by atoms with E-state index < -0.39 is 11.4 Å². The van der Waals surface area contributed by atoms with E-state index in [4.69, 9.17) is 12.0 Å². The number of para-hydroxylation sites is 1. The van der Waals surface area contributed by atoms with E-state index in [1.54, 1.807) is 28.5 Å². The zero-order chi connectivity index (χ0) is 20.8. The van der Waals surface area contributed by atoms with Gasteiger partial charge in [0.15, 0.2) is 0 Å². The fourth-order valence-electron chi connectivity index (χ4n) is 3.58. The third-order valence-corrected chi connectivity index (χ3v) is 6.74. The van der Waals surface area contributed by atoms with Gasteiger partial charge in [-0.25, -0.2) is 9.24 Å². The minimum Gasteiger partial charge on any atom is -0.341 e. The fraction of sp³-hybridized carbons (Fsp3) is 0.182. The first-order valence-corrected chi connectivity index (χ1v) is 9.88. The molecular formula is C22H20FN5S. The molecule has 1 unspecified atom stereocenters. The number of benzene rings is 2. The average Bonchev–Trinajstić information content (AvgIpc) is 3.21. The summed E-state index contributed by atoms with van der Waals surface area (Å²) in [7, 11) is 3.78. The average molecular weight is 406 g/mol. The fourth-order valence-corrected chi connectivity index (χ4v) is 4.70. The molecule has 0 radical (unpaired) electrons. The molecule has 5 nitrogen and oxygen atoms in total. The van der Waals surface area contributed by atoms with Crippen LogP contribution in [0.4, 0.5) is 15.8 Å². The number of guanidine groups is 1. The van der Waals surface area contributed by atoms with Gasteiger partial charge in [-0.1, -0.05) is 24.3 Å². The van der Waals surface area contributed by atoms with Crippen molar-refractivity contribution in [2.45, 2.75) is 12.5 Å². The van der Waals surface area contributed by atoms with Gasteiger partial charge in [-0.05, 0) is 42.8 Å². The van der Waals surface area contributed by atoms with Crippen LogP contribution in [-0.2, 0) is 5.54 Å². The zero-order valence-electron chi connectivity index (χ0n) is 16.3. The van der Waals surface area contributed by atoms with E-state index in [9.17, 15) is 4.39 Å². The number of hydrogen-bond donors (Lipinski definition) is 2. The summed E-state index contributed by atoms with van der Waals surface area (Å²) in [5, 5.41) is 15.6. The van der Waals surface area contributed by atoms with Crippen LogP contribution in [0.3, 0.4) is 0 Å². The second-order valence-corrected chi connectivity index (χ2v) is 8.19. The first kappa shape index (κ1) is 19.0. The van der Waals surface area contributed by atoms with Crippen LogP contribution in [0.25, 0.3) is 15.3 Å². The van der Waals surface area contributed by atoms with Gasteiger partial charge in [0.05, 0.1) is 17.8 Å². The Kier molecular flexibility index (Phi) is 4.52. The van der Waals surface area contributed by atoms with Gasteiger partial charge in [0, 0.05) is 29.4 Å². The van der Waals surface area contributed by atoms with E-state index in [0.717, 1.165) is 26.6 Å². The molecular weight excluding hydrogens is 385 g/mol. The number of anilines is 1. The normalized spacial score (nSPS) is 18.7. The van der Waals surface area contributed by atoms with Gasteiger partial charge < -0.3 is 5.32 Å². The molecule has 7 heteroatoms. The van der Waals surface area contributed by atoms with Crippen molar-refractivity contribution in [1.29, 1.82) is 5.41 Å². The highest BCUT2D eigenvalue weighted by Crippen LogP contribution is 2.43. The lowest BCUT2D eigenvalue weighted by Crippen LogP contribution is -2.50. The van der Waals surface area contributed by atoms with Crippen molar-refractivity contribution in [3.8, 4) is 10.4 Å². The van der Waals surface area contributed by atoms with Crippen molar-refractivity contribution in [3.05, 3.63) is 82.3 Å². The largest absolute Gasteiger partial charge is 0.341 e. The quantitative estimate of drug-likeness (QED) is 0.577. The summed E-state index contributed by atoms with van der Waals surface area (Å²) in [6.45, 7) is 9.22. The molecule has 29 heavy (non-hydrogen) atoms. The first-order valence-electron chi connectivity index (χ1n) is 9.06. The molecule has 0 bridgehead atoms. The molecule has 1 aromatic heterocycles. The predicted octanol–water partition coefficient (Wildman–Crippen LogP) is 5.19. The standard InChI is InChI=1S/C22H20FN5S/c1-22(15-7-5-6-8-18(15)27(3)28(4)21(24)26-22)20-12-11-19(29-20)14-9-10-16(23)17(13-14)25-2/h5-13H,1,3-4H3,(H2,24,26). The second-order valence-electron chi connectivity index (χ2n) is 7.10. The molecule has 1 aliphatic rings. The summed E-state index contributed by atoms with van der Waals surface area (Å²) in [4.78, 5) is 5.24. The summed E-state index contributed by atoms with van der Waals surface area (Å²) < 4.78 is 13.7. The van der Waals surface area contributed by atoms with Crippen molar-refractivity contribution in [3.63, 3.8) is 0 Å². The van der Waals surface area contributed by atoms with E-state index in [1.807, 2.05) is 49.4 Å². The molecule has 1 atom stereocenters. The number of fused-ring (bicyclic) bond motifs is 1. The van der Waals surface area contributed by atoms with Crippen molar-refractivity contribution >= 4 is 28.7 Å². The van der Waals surface area contributed by atoms with Crippen molar-refractivity contribution in [2.75, 3.05) is 19.1 Å². The lowest BCUT2D eigenvalue weighted by molar-refractivity contribution is 0.453. The maximum Gasteiger partial charge on any atom is 0.222 e. The number of halogens is 1. The Morgan fingerprint density at radius 2 is 1.86 bits per heavy atom. The molecule has 146 valence electrons. The van der Waals surface area contributed by atoms with Gasteiger partial charge in [-0.2, -0.15) is 0 Å². The molecule has 0 amide bonds. The third-order valence-electron chi connectivity index (χ3n) is 5.38. The van der Waals surface area contributed by atoms with Gasteiger partial charge >= 0.3 is 0 Å². The van der Waals surface area contributed by atoms with Crippen LogP contribution < -0.4 is 10.3 Å². The van der Waals surface area contributed by atoms with E-state index >= 15 is 0 Å². The molecule has 2 N–H and O–H groups in total. The highest BCUT2D eigenvalue weighted by atomic mass is 32.1. The first-order chi connectivity index (χ1) is 13.8. The molecule has 1 aliphatic heterocycles. The van der Waals surface area contributed by atoms with Crippen LogP contribution in [0.5, 0.6) is 0 Å². The maximum atomic E-state index is 13.7. The molecule has 0 spiro atoms. The molecule has 3 aromatic rings. The Balaban J connectivity index is 1.83. The van der Waals surface area contributed by atoms with Crippen molar-refractivity contribution < 1.29 is 4.39 Å². The van der Waals surface area contributed by atoms with Crippen LogP contribution in [-0.4, -0.2) is 25.1 Å². The number of hydrazine groups is 1. The van der Waals surface area contributed by atoms with E-state index in [0.29, 0.717) is 5.96 Å². The molecule has 4 rings (SSSR count). The molecule has 0 saturated heterocycles. The predicted molar refractivity (Wildman–Crippen MR) is 116 cm³/mol. The molecule has 2 aromatic carbocycles. The van der Waals surface area contributed by atoms with Crippen LogP contribution in [0.1, 0.15) is 17.4 Å². The summed E-state index contributed by atoms with van der Waals surface area (Å²) in [6, 6.07) is 16.7. The van der Waals surface area contributed by atoms with Crippen LogP contribution in [0, 0.1) is 17.8 Å². The van der Waals surface area contributed by atoms with Crippen LogP contribution in [0.15, 0.2) is 54.6 Å². The Hall–Kier alpha value is -3.37. The summed E-state index contributed by atoms with van der Waals surface area (Å²) >= 11 is 1.57. The smallest absolute Gasteiger partial charge is 0.222 e. The maximum absolute atomic E-state index is 13.7.